The molecule has 0 unspecified atom stereocenters. The van der Waals surface area contributed by atoms with Crippen LogP contribution in [0, 0.1) is 0 Å². The minimum absolute atomic E-state index is 0.208. The molecule has 1 aliphatic carbocycles. The van der Waals surface area contributed by atoms with Gasteiger partial charge >= 0.3 is 6.03 Å². The Balaban J connectivity index is 1.79. The van der Waals surface area contributed by atoms with Gasteiger partial charge in [0.15, 0.2) is 5.78 Å². The summed E-state index contributed by atoms with van der Waals surface area (Å²) in [5, 5.41) is 3.37. The van der Waals surface area contributed by atoms with E-state index in [1.54, 1.807) is 6.07 Å². The standard InChI is InChI=1S/C15H14Cl2N2O3/c16-9-3-4-10(11(17)7-9)12(20)8-19-13(21)15(18-14(19)22)5-1-2-6-15/h3-4,7H,1-2,5-6,8H2,(H,18,22). The molecule has 7 heteroatoms. The lowest BCUT2D eigenvalue weighted by Gasteiger charge is -2.19. The minimum Gasteiger partial charge on any atom is -0.323 e. The first-order valence-electron chi connectivity index (χ1n) is 7.05. The minimum atomic E-state index is -0.804. The highest BCUT2D eigenvalue weighted by molar-refractivity contribution is 6.37. The van der Waals surface area contributed by atoms with Crippen molar-refractivity contribution in [1.29, 1.82) is 0 Å². The molecule has 1 N–H and O–H groups in total. The summed E-state index contributed by atoms with van der Waals surface area (Å²) in [7, 11) is 0. The Morgan fingerprint density at radius 3 is 2.55 bits per heavy atom. The molecular weight excluding hydrogens is 327 g/mol. The molecule has 1 aromatic rings. The zero-order valence-corrected chi connectivity index (χ0v) is 13.2. The maximum absolute atomic E-state index is 12.5. The van der Waals surface area contributed by atoms with E-state index in [-0.39, 0.29) is 28.8 Å². The maximum atomic E-state index is 12.5. The summed E-state index contributed by atoms with van der Waals surface area (Å²) >= 11 is 11.8. The van der Waals surface area contributed by atoms with Crippen LogP contribution >= 0.6 is 23.2 Å². The van der Waals surface area contributed by atoms with E-state index in [4.69, 9.17) is 23.2 Å². The first-order valence-corrected chi connectivity index (χ1v) is 7.81. The molecule has 3 rings (SSSR count). The highest BCUT2D eigenvalue weighted by Gasteiger charge is 2.52. The third kappa shape index (κ3) is 2.48. The number of hydrogen-bond donors (Lipinski definition) is 1. The number of nitrogens with one attached hydrogen (secondary N) is 1. The number of rotatable bonds is 3. The van der Waals surface area contributed by atoms with Gasteiger partial charge in [-0.2, -0.15) is 0 Å². The van der Waals surface area contributed by atoms with Crippen LogP contribution in [0.2, 0.25) is 10.0 Å². The molecule has 1 aromatic carbocycles. The molecule has 0 radical (unpaired) electrons. The quantitative estimate of drug-likeness (QED) is 0.679. The predicted molar refractivity (Wildman–Crippen MR) is 82.2 cm³/mol. The third-order valence-electron chi connectivity index (χ3n) is 4.24. The summed E-state index contributed by atoms with van der Waals surface area (Å²) in [4.78, 5) is 37.8. The number of hydrogen-bond acceptors (Lipinski definition) is 3. The third-order valence-corrected chi connectivity index (χ3v) is 4.78. The fraction of sp³-hybridized carbons (Fsp3) is 0.400. The molecule has 1 saturated heterocycles. The molecule has 2 fully saturated rings. The second-order valence-electron chi connectivity index (χ2n) is 5.66. The molecule has 0 atom stereocenters. The van der Waals surface area contributed by atoms with Crippen LogP contribution in [-0.4, -0.2) is 34.7 Å². The van der Waals surface area contributed by atoms with E-state index in [2.05, 4.69) is 5.32 Å². The number of amides is 3. The van der Waals surface area contributed by atoms with Crippen molar-refractivity contribution in [3.05, 3.63) is 33.8 Å². The largest absolute Gasteiger partial charge is 0.325 e. The van der Waals surface area contributed by atoms with Gasteiger partial charge in [0.1, 0.15) is 5.54 Å². The summed E-state index contributed by atoms with van der Waals surface area (Å²) in [6.07, 6.45) is 3.06. The van der Waals surface area contributed by atoms with Crippen LogP contribution in [0.4, 0.5) is 4.79 Å². The average Bonchev–Trinajstić information content (AvgIpc) is 3.00. The molecule has 1 heterocycles. The molecule has 1 spiro atoms. The molecule has 22 heavy (non-hydrogen) atoms. The van der Waals surface area contributed by atoms with Gasteiger partial charge in [0, 0.05) is 10.6 Å². The number of carbonyl (C=O) groups is 3. The number of halogens is 2. The van der Waals surface area contributed by atoms with E-state index < -0.39 is 11.6 Å². The number of ketones is 1. The SMILES string of the molecule is O=C(CN1C(=O)NC2(CCCC2)C1=O)c1ccc(Cl)cc1Cl. The van der Waals surface area contributed by atoms with Crippen LogP contribution in [-0.2, 0) is 4.79 Å². The molecule has 1 aliphatic heterocycles. The van der Waals surface area contributed by atoms with Crippen molar-refractivity contribution in [2.45, 2.75) is 31.2 Å². The lowest BCUT2D eigenvalue weighted by Crippen LogP contribution is -2.44. The van der Waals surface area contributed by atoms with Crippen molar-refractivity contribution >= 4 is 40.9 Å². The number of Topliss-reactive ketones (excluding diaryl/α,β-unsaturated/α-hetero) is 1. The Morgan fingerprint density at radius 1 is 1.23 bits per heavy atom. The topological polar surface area (TPSA) is 66.5 Å². The van der Waals surface area contributed by atoms with E-state index in [0.717, 1.165) is 17.7 Å². The Bertz CT molecular complexity index is 669. The summed E-state index contributed by atoms with van der Waals surface area (Å²) < 4.78 is 0. The molecule has 2 aliphatic rings. The van der Waals surface area contributed by atoms with E-state index >= 15 is 0 Å². The number of benzene rings is 1. The number of urea groups is 1. The van der Waals surface area contributed by atoms with Gasteiger partial charge in [-0.3, -0.25) is 14.5 Å². The van der Waals surface area contributed by atoms with Crippen molar-refractivity contribution < 1.29 is 14.4 Å². The van der Waals surface area contributed by atoms with Crippen molar-refractivity contribution in [1.82, 2.24) is 10.2 Å². The second kappa shape index (κ2) is 5.56. The van der Waals surface area contributed by atoms with Crippen LogP contribution in [0.1, 0.15) is 36.0 Å². The number of nitrogens with zero attached hydrogens (tertiary/aromatic N) is 1. The first kappa shape index (κ1) is 15.3. The van der Waals surface area contributed by atoms with Crippen molar-refractivity contribution in [3.63, 3.8) is 0 Å². The van der Waals surface area contributed by atoms with Crippen LogP contribution in [0.25, 0.3) is 0 Å². The van der Waals surface area contributed by atoms with Crippen LogP contribution in [0.5, 0.6) is 0 Å². The Kier molecular flexibility index (Phi) is 3.87. The average molecular weight is 341 g/mol. The summed E-state index contributed by atoms with van der Waals surface area (Å²) in [6, 6.07) is 3.99. The second-order valence-corrected chi connectivity index (χ2v) is 6.50. The Hall–Kier alpha value is -1.59. The maximum Gasteiger partial charge on any atom is 0.325 e. The number of imide groups is 1. The van der Waals surface area contributed by atoms with E-state index in [9.17, 15) is 14.4 Å². The zero-order valence-electron chi connectivity index (χ0n) is 11.7. The van der Waals surface area contributed by atoms with Gasteiger partial charge in [-0.05, 0) is 31.0 Å². The highest BCUT2D eigenvalue weighted by atomic mass is 35.5. The van der Waals surface area contributed by atoms with Crippen molar-refractivity contribution in [3.8, 4) is 0 Å². The van der Waals surface area contributed by atoms with Crippen LogP contribution in [0.15, 0.2) is 18.2 Å². The first-order chi connectivity index (χ1) is 10.4. The zero-order chi connectivity index (χ0) is 15.9. The summed E-state index contributed by atoms with van der Waals surface area (Å²) in [5.41, 5.74) is -0.555. The van der Waals surface area contributed by atoms with Gasteiger partial charge in [0.05, 0.1) is 11.6 Å². The number of carbonyl (C=O) groups excluding carboxylic acids is 3. The van der Waals surface area contributed by atoms with Gasteiger partial charge in [0.2, 0.25) is 0 Å². The van der Waals surface area contributed by atoms with Gasteiger partial charge in [0.25, 0.3) is 5.91 Å². The Morgan fingerprint density at radius 2 is 1.91 bits per heavy atom. The van der Waals surface area contributed by atoms with E-state index in [0.29, 0.717) is 17.9 Å². The van der Waals surface area contributed by atoms with Gasteiger partial charge in [-0.1, -0.05) is 36.0 Å². The molecule has 1 saturated carbocycles. The molecule has 5 nitrogen and oxygen atoms in total. The highest BCUT2D eigenvalue weighted by Crippen LogP contribution is 2.35. The van der Waals surface area contributed by atoms with Crippen LogP contribution < -0.4 is 5.32 Å². The summed E-state index contributed by atoms with van der Waals surface area (Å²) in [6.45, 7) is -0.312. The van der Waals surface area contributed by atoms with Crippen molar-refractivity contribution in [2.24, 2.45) is 0 Å². The van der Waals surface area contributed by atoms with E-state index in [1.165, 1.54) is 12.1 Å². The smallest absolute Gasteiger partial charge is 0.323 e. The van der Waals surface area contributed by atoms with Crippen molar-refractivity contribution in [2.75, 3.05) is 6.54 Å². The van der Waals surface area contributed by atoms with E-state index in [1.807, 2.05) is 0 Å². The fourth-order valence-electron chi connectivity index (χ4n) is 3.08. The monoisotopic (exact) mass is 340 g/mol. The molecular formula is C15H14Cl2N2O3. The predicted octanol–water partition coefficient (Wildman–Crippen LogP) is 3.04. The lowest BCUT2D eigenvalue weighted by atomic mass is 9.98. The molecule has 3 amide bonds. The summed E-state index contributed by atoms with van der Waals surface area (Å²) in [5.74, 6) is -0.700. The fourth-order valence-corrected chi connectivity index (χ4v) is 3.60. The lowest BCUT2D eigenvalue weighted by molar-refractivity contribution is -0.130. The molecule has 116 valence electrons. The molecule has 0 bridgehead atoms. The Labute approximate surface area is 137 Å². The van der Waals surface area contributed by atoms with Gasteiger partial charge < -0.3 is 5.32 Å². The normalized spacial score (nSPS) is 19.8. The van der Waals surface area contributed by atoms with Crippen LogP contribution in [0.3, 0.4) is 0 Å². The van der Waals surface area contributed by atoms with Gasteiger partial charge in [-0.25, -0.2) is 4.79 Å². The van der Waals surface area contributed by atoms with Gasteiger partial charge in [-0.15, -0.1) is 0 Å². The molecule has 0 aromatic heterocycles.